The molecule has 0 saturated carbocycles. The molecule has 0 atom stereocenters. The summed E-state index contributed by atoms with van der Waals surface area (Å²) in [7, 11) is 0. The first kappa shape index (κ1) is 8.25. The van der Waals surface area contributed by atoms with E-state index in [0.29, 0.717) is 18.8 Å². The molecule has 2 aliphatic heterocycles. The van der Waals surface area contributed by atoms with Crippen LogP contribution in [0.1, 0.15) is 13.3 Å². The number of hydrogen-bond donors (Lipinski definition) is 1. The smallest absolute Gasteiger partial charge is 0.244 e. The summed E-state index contributed by atoms with van der Waals surface area (Å²) >= 11 is 0. The van der Waals surface area contributed by atoms with Crippen molar-refractivity contribution < 1.29 is 9.59 Å². The molecule has 1 fully saturated rings. The Morgan fingerprint density at radius 3 is 3.08 bits per heavy atom. The second-order valence-electron chi connectivity index (χ2n) is 3.14. The first-order valence-electron chi connectivity index (χ1n) is 4.24. The van der Waals surface area contributed by atoms with Gasteiger partial charge in [0.05, 0.1) is 0 Å². The van der Waals surface area contributed by atoms with Crippen molar-refractivity contribution in [3.8, 4) is 0 Å². The molecule has 0 aromatic heterocycles. The van der Waals surface area contributed by atoms with Gasteiger partial charge in [0.2, 0.25) is 11.8 Å². The van der Waals surface area contributed by atoms with Crippen molar-refractivity contribution in [3.63, 3.8) is 0 Å². The number of nitrogens with zero attached hydrogens (tertiary/aromatic N) is 2. The maximum atomic E-state index is 11.3. The van der Waals surface area contributed by atoms with Gasteiger partial charge in [0.25, 0.3) is 0 Å². The van der Waals surface area contributed by atoms with E-state index in [-0.39, 0.29) is 11.8 Å². The molecule has 1 N–H and O–H groups in total. The number of carbonyl (C=O) groups excluding carboxylic acids is 2. The van der Waals surface area contributed by atoms with Gasteiger partial charge < -0.3 is 5.32 Å². The van der Waals surface area contributed by atoms with Crippen molar-refractivity contribution in [2.24, 2.45) is 0 Å². The van der Waals surface area contributed by atoms with E-state index in [1.807, 2.05) is 11.1 Å². The number of hydrazine groups is 1. The molecule has 0 spiro atoms. The van der Waals surface area contributed by atoms with Gasteiger partial charge in [0.1, 0.15) is 5.82 Å². The molecule has 1 saturated heterocycles. The third kappa shape index (κ3) is 1.31. The highest BCUT2D eigenvalue weighted by Gasteiger charge is 2.35. The minimum atomic E-state index is -0.146. The Kier molecular flexibility index (Phi) is 1.81. The van der Waals surface area contributed by atoms with E-state index < -0.39 is 0 Å². The maximum Gasteiger partial charge on any atom is 0.244 e. The first-order chi connectivity index (χ1) is 6.18. The number of hydrogen-bond acceptors (Lipinski definition) is 3. The molecule has 2 heterocycles. The largest absolute Gasteiger partial charge is 0.311 e. The second kappa shape index (κ2) is 2.85. The topological polar surface area (TPSA) is 52.7 Å². The third-order valence-electron chi connectivity index (χ3n) is 2.13. The monoisotopic (exact) mass is 181 g/mol. The summed E-state index contributed by atoms with van der Waals surface area (Å²) in [6.45, 7) is 2.89. The molecule has 0 aromatic carbocycles. The van der Waals surface area contributed by atoms with Crippen molar-refractivity contribution >= 4 is 11.8 Å². The lowest BCUT2D eigenvalue weighted by Crippen LogP contribution is -2.38. The highest BCUT2D eigenvalue weighted by molar-refractivity contribution is 5.82. The zero-order chi connectivity index (χ0) is 9.42. The van der Waals surface area contributed by atoms with E-state index in [1.54, 1.807) is 5.01 Å². The van der Waals surface area contributed by atoms with E-state index in [1.165, 1.54) is 6.92 Å². The van der Waals surface area contributed by atoms with Crippen molar-refractivity contribution in [1.29, 1.82) is 0 Å². The third-order valence-corrected chi connectivity index (χ3v) is 2.13. The Balaban J connectivity index is 2.13. The van der Waals surface area contributed by atoms with Crippen molar-refractivity contribution in [1.82, 2.24) is 15.3 Å². The van der Waals surface area contributed by atoms with E-state index in [4.69, 9.17) is 0 Å². The van der Waals surface area contributed by atoms with Crippen LogP contribution in [0.4, 0.5) is 0 Å². The number of carbonyl (C=O) groups is 2. The number of fused-ring (bicyclic) bond motifs is 1. The lowest BCUT2D eigenvalue weighted by molar-refractivity contribution is -0.133. The molecule has 2 aliphatic rings. The molecule has 0 radical (unpaired) electrons. The van der Waals surface area contributed by atoms with Crippen LogP contribution in [-0.2, 0) is 9.59 Å². The molecule has 13 heavy (non-hydrogen) atoms. The first-order valence-corrected chi connectivity index (χ1v) is 4.24. The van der Waals surface area contributed by atoms with E-state index in [2.05, 4.69) is 5.32 Å². The fourth-order valence-electron chi connectivity index (χ4n) is 1.61. The average molecular weight is 181 g/mol. The highest BCUT2D eigenvalue weighted by Crippen LogP contribution is 2.21. The van der Waals surface area contributed by atoms with Gasteiger partial charge in [-0.15, -0.1) is 0 Å². The minimum absolute atomic E-state index is 0.0532. The van der Waals surface area contributed by atoms with E-state index in [0.717, 1.165) is 6.54 Å². The lowest BCUT2D eigenvalue weighted by Gasteiger charge is -2.21. The van der Waals surface area contributed by atoms with Crippen LogP contribution in [0.2, 0.25) is 0 Å². The van der Waals surface area contributed by atoms with Crippen molar-refractivity contribution in [3.05, 3.63) is 11.9 Å². The predicted octanol–water partition coefficient (Wildman–Crippen LogP) is -0.573. The average Bonchev–Trinajstić information content (AvgIpc) is 2.56. The van der Waals surface area contributed by atoms with Crippen LogP contribution in [0.3, 0.4) is 0 Å². The van der Waals surface area contributed by atoms with Crippen LogP contribution in [0.15, 0.2) is 11.9 Å². The molecule has 5 heteroatoms. The Morgan fingerprint density at radius 2 is 2.38 bits per heavy atom. The summed E-state index contributed by atoms with van der Waals surface area (Å²) in [5.74, 6) is 0.514. The van der Waals surface area contributed by atoms with Crippen LogP contribution >= 0.6 is 0 Å². The summed E-state index contributed by atoms with van der Waals surface area (Å²) in [4.78, 5) is 22.1. The second-order valence-corrected chi connectivity index (χ2v) is 3.14. The Bertz CT molecular complexity index is 298. The summed E-state index contributed by atoms with van der Waals surface area (Å²) < 4.78 is 0. The Labute approximate surface area is 76.0 Å². The normalized spacial score (nSPS) is 21.8. The molecule has 70 valence electrons. The summed E-state index contributed by atoms with van der Waals surface area (Å²) in [6, 6.07) is 0. The van der Waals surface area contributed by atoms with Crippen LogP contribution < -0.4 is 5.32 Å². The molecule has 0 aliphatic carbocycles. The number of rotatable bonds is 1. The lowest BCUT2D eigenvalue weighted by atomic mass is 10.4. The predicted molar refractivity (Wildman–Crippen MR) is 44.9 cm³/mol. The molecule has 2 rings (SSSR count). The van der Waals surface area contributed by atoms with Gasteiger partial charge in [-0.1, -0.05) is 0 Å². The molecular weight excluding hydrogens is 170 g/mol. The standard InChI is InChI=1S/C8H11N3O2/c1-6(12)9-7-2-4-10-5-3-8(13)11(7)10/h2H,3-5H2,1H3,(H,9,12). The van der Waals surface area contributed by atoms with Crippen molar-refractivity contribution in [2.75, 3.05) is 13.1 Å². The van der Waals surface area contributed by atoms with E-state index in [9.17, 15) is 9.59 Å². The van der Waals surface area contributed by atoms with Crippen molar-refractivity contribution in [2.45, 2.75) is 13.3 Å². The Morgan fingerprint density at radius 1 is 1.62 bits per heavy atom. The quantitative estimate of drug-likeness (QED) is 0.589. The molecule has 0 unspecified atom stereocenters. The molecular formula is C8H11N3O2. The number of nitrogens with one attached hydrogen (secondary N) is 1. The maximum absolute atomic E-state index is 11.3. The highest BCUT2D eigenvalue weighted by atomic mass is 16.2. The van der Waals surface area contributed by atoms with Gasteiger partial charge in [0.15, 0.2) is 0 Å². The van der Waals surface area contributed by atoms with Gasteiger partial charge in [-0.05, 0) is 6.08 Å². The summed E-state index contributed by atoms with van der Waals surface area (Å²) in [6.07, 6.45) is 2.38. The van der Waals surface area contributed by atoms with E-state index >= 15 is 0 Å². The fraction of sp³-hybridized carbons (Fsp3) is 0.500. The molecule has 2 amide bonds. The Hall–Kier alpha value is -1.36. The molecule has 0 bridgehead atoms. The van der Waals surface area contributed by atoms with Gasteiger partial charge in [-0.3, -0.25) is 9.59 Å². The molecule has 0 aromatic rings. The molecule has 5 nitrogen and oxygen atoms in total. The van der Waals surface area contributed by atoms with Gasteiger partial charge in [0, 0.05) is 26.4 Å². The van der Waals surface area contributed by atoms with Crippen LogP contribution in [0.5, 0.6) is 0 Å². The minimum Gasteiger partial charge on any atom is -0.311 e. The van der Waals surface area contributed by atoms with Gasteiger partial charge in [-0.25, -0.2) is 10.0 Å². The van der Waals surface area contributed by atoms with Crippen LogP contribution in [0.25, 0.3) is 0 Å². The number of amides is 2. The fourth-order valence-corrected chi connectivity index (χ4v) is 1.61. The summed E-state index contributed by atoms with van der Waals surface area (Å²) in [5.41, 5.74) is 0. The van der Waals surface area contributed by atoms with Crippen LogP contribution in [-0.4, -0.2) is 34.9 Å². The SMILES string of the molecule is CC(=O)NC1=CCN2CCC(=O)N12. The van der Waals surface area contributed by atoms with Gasteiger partial charge >= 0.3 is 0 Å². The van der Waals surface area contributed by atoms with Gasteiger partial charge in [-0.2, -0.15) is 0 Å². The van der Waals surface area contributed by atoms with Crippen LogP contribution in [0, 0.1) is 0 Å². The summed E-state index contributed by atoms with van der Waals surface area (Å²) in [5, 5.41) is 6.08. The zero-order valence-electron chi connectivity index (χ0n) is 7.41. The zero-order valence-corrected chi connectivity index (χ0v) is 7.41.